The van der Waals surface area contributed by atoms with Crippen LogP contribution >= 0.6 is 37.9 Å². The van der Waals surface area contributed by atoms with Gasteiger partial charge in [-0.05, 0) is 0 Å². The summed E-state index contributed by atoms with van der Waals surface area (Å²) >= 11 is 12.9. The summed E-state index contributed by atoms with van der Waals surface area (Å²) in [5.74, 6) is -1.01. The highest BCUT2D eigenvalue weighted by molar-refractivity contribution is 7.81. The van der Waals surface area contributed by atoms with E-state index in [2.05, 4.69) is 37.9 Å². The van der Waals surface area contributed by atoms with E-state index in [4.69, 9.17) is 14.2 Å². The van der Waals surface area contributed by atoms with Gasteiger partial charge in [0.1, 0.15) is 0 Å². The van der Waals surface area contributed by atoms with Crippen molar-refractivity contribution in [3.05, 3.63) is 0 Å². The van der Waals surface area contributed by atoms with Crippen LogP contribution in [0.5, 0.6) is 0 Å². The average molecular weight is 315 g/mol. The van der Waals surface area contributed by atoms with E-state index in [-0.39, 0.29) is 15.7 Å². The van der Waals surface area contributed by atoms with E-state index in [1.54, 1.807) is 0 Å². The Labute approximate surface area is 128 Å². The molecule has 0 aliphatic heterocycles. The fraction of sp³-hybridized carbons (Fsp3) is 1.00. The van der Waals surface area contributed by atoms with Gasteiger partial charge >= 0.3 is 0 Å². The first-order valence-corrected chi connectivity index (χ1v) is 7.82. The van der Waals surface area contributed by atoms with Gasteiger partial charge in [0.05, 0.1) is 19.8 Å². The smallest absolute Gasteiger partial charge is 0.282 e. The zero-order valence-electron chi connectivity index (χ0n) is 11.6. The van der Waals surface area contributed by atoms with Crippen LogP contribution in [0.2, 0.25) is 0 Å². The minimum Gasteiger partial charge on any atom is -0.326 e. The van der Waals surface area contributed by atoms with Crippen LogP contribution < -0.4 is 0 Å². The maximum absolute atomic E-state index is 5.75. The minimum absolute atomic E-state index is 0.130. The maximum atomic E-state index is 5.75. The minimum atomic E-state index is -1.01. The van der Waals surface area contributed by atoms with Crippen molar-refractivity contribution in [3.63, 3.8) is 0 Å². The van der Waals surface area contributed by atoms with Crippen molar-refractivity contribution in [2.45, 2.75) is 55.8 Å². The molecule has 3 atom stereocenters. The fourth-order valence-electron chi connectivity index (χ4n) is 1.17. The van der Waals surface area contributed by atoms with Gasteiger partial charge in [0.25, 0.3) is 5.97 Å². The highest BCUT2D eigenvalue weighted by Crippen LogP contribution is 2.22. The summed E-state index contributed by atoms with van der Waals surface area (Å²) in [7, 11) is 0. The van der Waals surface area contributed by atoms with Gasteiger partial charge < -0.3 is 14.2 Å². The highest BCUT2D eigenvalue weighted by Gasteiger charge is 2.32. The topological polar surface area (TPSA) is 27.7 Å². The number of ether oxygens (including phenoxy) is 3. The van der Waals surface area contributed by atoms with Crippen molar-refractivity contribution < 1.29 is 14.2 Å². The molecule has 0 spiro atoms. The highest BCUT2D eigenvalue weighted by atomic mass is 32.1. The van der Waals surface area contributed by atoms with Crippen LogP contribution in [0.25, 0.3) is 0 Å². The SMILES string of the molecule is CCC(OCC(C)S)(OCC(C)S)OCC(C)S. The van der Waals surface area contributed by atoms with Crippen LogP contribution in [0.4, 0.5) is 0 Å². The van der Waals surface area contributed by atoms with Crippen LogP contribution in [0, 0.1) is 0 Å². The van der Waals surface area contributed by atoms with Crippen molar-refractivity contribution in [3.8, 4) is 0 Å². The van der Waals surface area contributed by atoms with Crippen molar-refractivity contribution in [2.24, 2.45) is 0 Å². The Morgan fingerprint density at radius 3 is 1.22 bits per heavy atom. The summed E-state index contributed by atoms with van der Waals surface area (Å²) in [4.78, 5) is 0. The zero-order valence-corrected chi connectivity index (χ0v) is 14.3. The molecule has 0 radical (unpaired) electrons. The van der Waals surface area contributed by atoms with Crippen molar-refractivity contribution >= 4 is 37.9 Å². The van der Waals surface area contributed by atoms with Crippen molar-refractivity contribution in [1.82, 2.24) is 0 Å². The van der Waals surface area contributed by atoms with Gasteiger partial charge in [-0.15, -0.1) is 0 Å². The van der Waals surface area contributed by atoms with Crippen LogP contribution in [0.3, 0.4) is 0 Å². The third-order valence-corrected chi connectivity index (χ3v) is 2.51. The standard InChI is InChI=1S/C12H26O3S3/c1-5-12(13-6-9(2)16,14-7-10(3)17)15-8-11(4)18/h9-11,16-18H,5-8H2,1-4H3. The number of thiol groups is 3. The second-order valence-electron chi connectivity index (χ2n) is 4.52. The molecule has 0 bridgehead atoms. The fourth-order valence-corrected chi connectivity index (χ4v) is 1.40. The Morgan fingerprint density at radius 1 is 0.778 bits per heavy atom. The zero-order chi connectivity index (χ0) is 14.2. The van der Waals surface area contributed by atoms with E-state index in [0.29, 0.717) is 26.2 Å². The van der Waals surface area contributed by atoms with E-state index in [1.807, 2.05) is 27.7 Å². The first kappa shape index (κ1) is 18.9. The van der Waals surface area contributed by atoms with Crippen LogP contribution in [-0.2, 0) is 14.2 Å². The summed E-state index contributed by atoms with van der Waals surface area (Å²) in [6.45, 7) is 9.27. The summed E-state index contributed by atoms with van der Waals surface area (Å²) in [5.41, 5.74) is 0. The predicted molar refractivity (Wildman–Crippen MR) is 86.2 cm³/mol. The lowest BCUT2D eigenvalue weighted by Gasteiger charge is -2.34. The molecular weight excluding hydrogens is 288 g/mol. The molecule has 0 rings (SSSR count). The Bertz CT molecular complexity index is 179. The molecule has 0 aliphatic rings. The van der Waals surface area contributed by atoms with E-state index in [1.165, 1.54) is 0 Å². The molecule has 110 valence electrons. The molecule has 0 saturated heterocycles. The summed E-state index contributed by atoms with van der Waals surface area (Å²) < 4.78 is 17.3. The molecule has 3 nitrogen and oxygen atoms in total. The Morgan fingerprint density at radius 2 is 1.06 bits per heavy atom. The second-order valence-corrected chi connectivity index (χ2v) is 7.16. The summed E-state index contributed by atoms with van der Waals surface area (Å²) in [5, 5.41) is 0.389. The monoisotopic (exact) mass is 314 g/mol. The molecule has 0 heterocycles. The Balaban J connectivity index is 4.49. The van der Waals surface area contributed by atoms with Gasteiger partial charge in [-0.1, -0.05) is 27.7 Å². The van der Waals surface area contributed by atoms with Gasteiger partial charge in [-0.3, -0.25) is 0 Å². The molecule has 18 heavy (non-hydrogen) atoms. The molecule has 0 aromatic carbocycles. The number of hydrogen-bond acceptors (Lipinski definition) is 6. The van der Waals surface area contributed by atoms with Crippen molar-refractivity contribution in [2.75, 3.05) is 19.8 Å². The first-order valence-electron chi connectivity index (χ1n) is 6.27. The average Bonchev–Trinajstić information content (AvgIpc) is 2.28. The normalized spacial score (nSPS) is 20.2. The third-order valence-electron chi connectivity index (χ3n) is 2.07. The van der Waals surface area contributed by atoms with Gasteiger partial charge in [0, 0.05) is 22.2 Å². The third kappa shape index (κ3) is 8.93. The molecule has 3 unspecified atom stereocenters. The maximum Gasteiger partial charge on any atom is 0.282 e. The van der Waals surface area contributed by atoms with E-state index >= 15 is 0 Å². The molecule has 0 aromatic rings. The number of hydrogen-bond donors (Lipinski definition) is 3. The lowest BCUT2D eigenvalue weighted by molar-refractivity contribution is -0.380. The van der Waals surface area contributed by atoms with Crippen LogP contribution in [0.1, 0.15) is 34.1 Å². The molecule has 0 fully saturated rings. The molecule has 0 aliphatic carbocycles. The second kappa shape index (κ2) is 9.77. The first-order chi connectivity index (χ1) is 8.31. The van der Waals surface area contributed by atoms with Gasteiger partial charge in [-0.2, -0.15) is 37.9 Å². The lowest BCUT2D eigenvalue weighted by atomic mass is 10.3. The van der Waals surface area contributed by atoms with Gasteiger partial charge in [-0.25, -0.2) is 0 Å². The van der Waals surface area contributed by atoms with Crippen LogP contribution in [0.15, 0.2) is 0 Å². The van der Waals surface area contributed by atoms with Gasteiger partial charge in [0.2, 0.25) is 0 Å². The quantitative estimate of drug-likeness (QED) is 0.427. The van der Waals surface area contributed by atoms with Gasteiger partial charge in [0.15, 0.2) is 0 Å². The summed E-state index contributed by atoms with van der Waals surface area (Å²) in [6.07, 6.45) is 0.606. The molecule has 0 N–H and O–H groups in total. The van der Waals surface area contributed by atoms with E-state index in [0.717, 1.165) is 0 Å². The lowest BCUT2D eigenvalue weighted by Crippen LogP contribution is -2.42. The van der Waals surface area contributed by atoms with Crippen molar-refractivity contribution in [1.29, 1.82) is 0 Å². The Hall–Kier alpha value is 0.930. The van der Waals surface area contributed by atoms with E-state index in [9.17, 15) is 0 Å². The van der Waals surface area contributed by atoms with E-state index < -0.39 is 5.97 Å². The van der Waals surface area contributed by atoms with Crippen LogP contribution in [-0.4, -0.2) is 41.5 Å². The molecule has 6 heteroatoms. The molecule has 0 aromatic heterocycles. The summed E-state index contributed by atoms with van der Waals surface area (Å²) in [6, 6.07) is 0. The Kier molecular flexibility index (Phi) is 10.3. The molecule has 0 amide bonds. The molecular formula is C12H26O3S3. The predicted octanol–water partition coefficient (Wildman–Crippen LogP) is 3.05. The number of rotatable bonds is 10. The largest absolute Gasteiger partial charge is 0.326 e. The molecule has 0 saturated carbocycles.